The molecule has 0 aromatic rings. The van der Waals surface area contributed by atoms with Gasteiger partial charge in [0.25, 0.3) is 0 Å². The van der Waals surface area contributed by atoms with Crippen molar-refractivity contribution in [2.45, 2.75) is 84.0 Å². The molecule has 19 heavy (non-hydrogen) atoms. The van der Waals surface area contributed by atoms with E-state index in [0.717, 1.165) is 12.8 Å². The summed E-state index contributed by atoms with van der Waals surface area (Å²) in [5.41, 5.74) is 0. The fourth-order valence-corrected chi connectivity index (χ4v) is 2.10. The van der Waals surface area contributed by atoms with Crippen molar-refractivity contribution in [1.29, 1.82) is 0 Å². The maximum absolute atomic E-state index is 10.1. The van der Waals surface area contributed by atoms with Crippen LogP contribution in [0.2, 0.25) is 0 Å². The second-order valence-electron chi connectivity index (χ2n) is 5.00. The topological polar surface area (TPSA) is 46.5 Å². The monoisotopic (exact) mass is 282 g/mol. The zero-order chi connectivity index (χ0) is 13.5. The molecule has 0 radical (unpaired) electrons. The third-order valence-corrected chi connectivity index (χ3v) is 3.22. The van der Waals surface area contributed by atoms with E-state index < -0.39 is 6.16 Å². The Kier molecular flexibility index (Phi) is 20.7. The van der Waals surface area contributed by atoms with Gasteiger partial charge in [0.1, 0.15) is 0 Å². The van der Waals surface area contributed by atoms with Gasteiger partial charge in [0.15, 0.2) is 0 Å². The molecule has 0 rings (SSSR count). The zero-order valence-corrected chi connectivity index (χ0v) is 12.0. The number of hydrogen-bond donors (Lipinski definition) is 1. The molecular formula is C15H31NaO3. The van der Waals surface area contributed by atoms with Crippen molar-refractivity contribution in [3.05, 3.63) is 0 Å². The Morgan fingerprint density at radius 2 is 1.16 bits per heavy atom. The number of ether oxygens (including phenoxy) is 1. The minimum absolute atomic E-state index is 0. The quantitative estimate of drug-likeness (QED) is 0.302. The third-order valence-electron chi connectivity index (χ3n) is 3.22. The van der Waals surface area contributed by atoms with Crippen LogP contribution >= 0.6 is 0 Å². The van der Waals surface area contributed by atoms with Crippen LogP contribution in [0.3, 0.4) is 0 Å². The van der Waals surface area contributed by atoms with Crippen molar-refractivity contribution in [1.82, 2.24) is 0 Å². The van der Waals surface area contributed by atoms with Crippen LogP contribution in [0.5, 0.6) is 0 Å². The predicted octanol–water partition coefficient (Wildman–Crippen LogP) is 4.73. The summed E-state index contributed by atoms with van der Waals surface area (Å²) >= 11 is 0. The molecule has 0 aliphatic heterocycles. The first-order valence-electron chi connectivity index (χ1n) is 7.63. The second-order valence-corrected chi connectivity index (χ2v) is 5.00. The van der Waals surface area contributed by atoms with Crippen molar-refractivity contribution in [2.75, 3.05) is 6.61 Å². The Labute approximate surface area is 140 Å². The first-order chi connectivity index (χ1) is 8.77. The van der Waals surface area contributed by atoms with Gasteiger partial charge in [-0.25, -0.2) is 4.79 Å². The molecule has 0 fully saturated rings. The molecule has 0 spiro atoms. The second kappa shape index (κ2) is 18.3. The van der Waals surface area contributed by atoms with Gasteiger partial charge in [-0.05, 0) is 6.42 Å². The van der Waals surface area contributed by atoms with Gasteiger partial charge in [0.05, 0.1) is 6.61 Å². The van der Waals surface area contributed by atoms with Gasteiger partial charge in [0.2, 0.25) is 0 Å². The Bertz CT molecular complexity index is 186. The molecule has 0 unspecified atom stereocenters. The average Bonchev–Trinajstić information content (AvgIpc) is 2.34. The summed E-state index contributed by atoms with van der Waals surface area (Å²) in [4.78, 5) is 10.1. The summed E-state index contributed by atoms with van der Waals surface area (Å²) in [5, 5.41) is 8.27. The molecule has 0 aromatic heterocycles. The first kappa shape index (κ1) is 21.6. The van der Waals surface area contributed by atoms with E-state index in [-0.39, 0.29) is 29.6 Å². The molecular weight excluding hydrogens is 251 g/mol. The molecule has 0 aliphatic rings. The summed E-state index contributed by atoms with van der Waals surface area (Å²) < 4.78 is 4.45. The van der Waals surface area contributed by atoms with Crippen molar-refractivity contribution in [3.63, 3.8) is 0 Å². The summed E-state index contributed by atoms with van der Waals surface area (Å²) in [6, 6.07) is 0. The fourth-order valence-electron chi connectivity index (χ4n) is 2.10. The van der Waals surface area contributed by atoms with E-state index >= 15 is 0 Å². The molecule has 1 N–H and O–H groups in total. The summed E-state index contributed by atoms with van der Waals surface area (Å²) in [5.74, 6) is 0. The van der Waals surface area contributed by atoms with Crippen molar-refractivity contribution < 1.29 is 14.6 Å². The van der Waals surface area contributed by atoms with Crippen LogP contribution in [0.4, 0.5) is 4.79 Å². The van der Waals surface area contributed by atoms with E-state index in [1.54, 1.807) is 0 Å². The van der Waals surface area contributed by atoms with Gasteiger partial charge >= 0.3 is 35.7 Å². The normalized spacial score (nSPS) is 9.95. The first-order valence-corrected chi connectivity index (χ1v) is 7.63. The number of carboxylic acid groups (broad SMARTS) is 1. The van der Waals surface area contributed by atoms with Gasteiger partial charge < -0.3 is 9.84 Å². The van der Waals surface area contributed by atoms with E-state index in [9.17, 15) is 4.79 Å². The Balaban J connectivity index is 0. The molecule has 4 heteroatoms. The molecule has 110 valence electrons. The predicted molar refractivity (Wildman–Crippen MR) is 82.2 cm³/mol. The van der Waals surface area contributed by atoms with Crippen LogP contribution in [0.25, 0.3) is 0 Å². The molecule has 0 atom stereocenters. The van der Waals surface area contributed by atoms with E-state index in [1.165, 1.54) is 64.2 Å². The molecule has 0 amide bonds. The molecule has 0 aliphatic carbocycles. The van der Waals surface area contributed by atoms with Crippen LogP contribution in [-0.4, -0.2) is 47.4 Å². The van der Waals surface area contributed by atoms with Crippen molar-refractivity contribution >= 4 is 35.7 Å². The van der Waals surface area contributed by atoms with Crippen LogP contribution in [0.15, 0.2) is 0 Å². The summed E-state index contributed by atoms with van der Waals surface area (Å²) in [7, 11) is 0. The zero-order valence-electron chi connectivity index (χ0n) is 12.0. The molecule has 0 heterocycles. The molecule has 0 bridgehead atoms. The number of rotatable bonds is 13. The van der Waals surface area contributed by atoms with E-state index in [0.29, 0.717) is 6.61 Å². The van der Waals surface area contributed by atoms with Gasteiger partial charge in [-0.15, -0.1) is 0 Å². The fraction of sp³-hybridized carbons (Fsp3) is 0.933. The van der Waals surface area contributed by atoms with Gasteiger partial charge in [-0.2, -0.15) is 0 Å². The van der Waals surface area contributed by atoms with Gasteiger partial charge in [-0.1, -0.05) is 77.6 Å². The van der Waals surface area contributed by atoms with Crippen molar-refractivity contribution in [2.24, 2.45) is 0 Å². The van der Waals surface area contributed by atoms with Gasteiger partial charge in [0, 0.05) is 0 Å². The number of unbranched alkanes of at least 4 members (excludes halogenated alkanes) is 11. The van der Waals surface area contributed by atoms with E-state index in [4.69, 9.17) is 5.11 Å². The SMILES string of the molecule is CCCCCCCCCCCCCCOC(=O)O.[NaH]. The average molecular weight is 282 g/mol. The van der Waals surface area contributed by atoms with Gasteiger partial charge in [-0.3, -0.25) is 0 Å². The Hall–Kier alpha value is 0.270. The maximum atomic E-state index is 10.1. The number of hydrogen-bond acceptors (Lipinski definition) is 2. The molecule has 3 nitrogen and oxygen atoms in total. The third kappa shape index (κ3) is 20.7. The standard InChI is InChI=1S/C15H30O3.Na.H/c1-2-3-4-5-6-7-8-9-10-11-12-13-14-18-15(16)17;;/h2-14H2,1H3,(H,16,17);;. The molecule has 0 saturated heterocycles. The summed E-state index contributed by atoms with van der Waals surface area (Å²) in [6.45, 7) is 2.61. The molecule has 0 saturated carbocycles. The van der Waals surface area contributed by atoms with Crippen molar-refractivity contribution in [3.8, 4) is 0 Å². The Morgan fingerprint density at radius 3 is 1.53 bits per heavy atom. The van der Waals surface area contributed by atoms with Crippen LogP contribution in [-0.2, 0) is 4.74 Å². The van der Waals surface area contributed by atoms with E-state index in [1.807, 2.05) is 0 Å². The van der Waals surface area contributed by atoms with Crippen LogP contribution in [0.1, 0.15) is 84.0 Å². The Morgan fingerprint density at radius 1 is 0.789 bits per heavy atom. The molecule has 0 aromatic carbocycles. The summed E-state index contributed by atoms with van der Waals surface area (Å²) in [6.07, 6.45) is 14.3. The minimum atomic E-state index is -1.15. The number of carbonyl (C=O) groups is 1. The van der Waals surface area contributed by atoms with Crippen LogP contribution < -0.4 is 0 Å². The van der Waals surface area contributed by atoms with Crippen LogP contribution in [0, 0.1) is 0 Å². The van der Waals surface area contributed by atoms with E-state index in [2.05, 4.69) is 11.7 Å².